The Morgan fingerprint density at radius 2 is 2.16 bits per heavy atom. The summed E-state index contributed by atoms with van der Waals surface area (Å²) in [6.07, 6.45) is 4.65. The molecule has 2 fully saturated rings. The zero-order chi connectivity index (χ0) is 16.9. The van der Waals surface area contributed by atoms with E-state index in [0.29, 0.717) is 24.6 Å². The summed E-state index contributed by atoms with van der Waals surface area (Å²) >= 11 is 0. The first-order valence-electron chi connectivity index (χ1n) is 8.70. The molecule has 2 atom stereocenters. The van der Waals surface area contributed by atoms with Gasteiger partial charge in [-0.25, -0.2) is 0 Å². The molecule has 3 N–H and O–H groups in total. The van der Waals surface area contributed by atoms with E-state index in [9.17, 15) is 9.59 Å². The van der Waals surface area contributed by atoms with Crippen LogP contribution in [0.3, 0.4) is 0 Å². The number of nitrogens with zero attached hydrogens (tertiary/aromatic N) is 1. The van der Waals surface area contributed by atoms with Gasteiger partial charge in [-0.3, -0.25) is 9.59 Å². The van der Waals surface area contributed by atoms with E-state index in [1.165, 1.54) is 0 Å². The van der Waals surface area contributed by atoms with Gasteiger partial charge in [0.05, 0.1) is 0 Å². The summed E-state index contributed by atoms with van der Waals surface area (Å²) in [6, 6.07) is 7.51. The molecule has 7 heteroatoms. The highest BCUT2D eigenvalue weighted by atomic mass is 35.5. The molecule has 2 aliphatic rings. The highest BCUT2D eigenvalue weighted by molar-refractivity contribution is 5.95. The molecule has 1 aliphatic carbocycles. The largest absolute Gasteiger partial charge is 0.484 e. The standard InChI is InChI=1S/C18H25N3O3.ClH/c19-11-13-4-1-7-16(13)20-17(22)12-24-15-6-2-5-14(10-15)21-9-3-8-18(21)23;/h2,5-6,10,13,16H,1,3-4,7-9,11-12,19H2,(H,20,22);1H. The fraction of sp³-hybridized carbons (Fsp3) is 0.556. The Bertz CT molecular complexity index is 611. The maximum absolute atomic E-state index is 12.1. The van der Waals surface area contributed by atoms with E-state index in [-0.39, 0.29) is 36.9 Å². The van der Waals surface area contributed by atoms with E-state index >= 15 is 0 Å². The lowest BCUT2D eigenvalue weighted by Gasteiger charge is -2.20. The number of amides is 2. The van der Waals surface area contributed by atoms with Gasteiger partial charge in [-0.15, -0.1) is 12.4 Å². The molecule has 138 valence electrons. The third-order valence-corrected chi connectivity index (χ3v) is 4.88. The molecule has 1 saturated carbocycles. The van der Waals surface area contributed by atoms with Crippen LogP contribution in [0.5, 0.6) is 5.75 Å². The van der Waals surface area contributed by atoms with Crippen LogP contribution in [0.15, 0.2) is 24.3 Å². The minimum atomic E-state index is -0.122. The maximum atomic E-state index is 12.1. The highest BCUT2D eigenvalue weighted by Gasteiger charge is 2.27. The highest BCUT2D eigenvalue weighted by Crippen LogP contribution is 2.26. The first-order chi connectivity index (χ1) is 11.7. The number of nitrogens with two attached hydrogens (primary N) is 1. The normalized spacial score (nSPS) is 22.6. The van der Waals surface area contributed by atoms with Crippen molar-refractivity contribution in [3.63, 3.8) is 0 Å². The molecule has 1 aromatic rings. The molecule has 0 aromatic heterocycles. The van der Waals surface area contributed by atoms with Gasteiger partial charge >= 0.3 is 0 Å². The van der Waals surface area contributed by atoms with Crippen LogP contribution >= 0.6 is 12.4 Å². The Kier molecular flexibility index (Phi) is 7.08. The van der Waals surface area contributed by atoms with Crippen LogP contribution in [-0.2, 0) is 9.59 Å². The lowest BCUT2D eigenvalue weighted by Crippen LogP contribution is -2.42. The van der Waals surface area contributed by atoms with Crippen LogP contribution in [0.2, 0.25) is 0 Å². The number of carbonyl (C=O) groups excluding carboxylic acids is 2. The summed E-state index contributed by atoms with van der Waals surface area (Å²) < 4.78 is 5.60. The van der Waals surface area contributed by atoms with Crippen LogP contribution < -0.4 is 20.7 Å². The number of hydrogen-bond donors (Lipinski definition) is 2. The Morgan fingerprint density at radius 3 is 2.88 bits per heavy atom. The van der Waals surface area contributed by atoms with Crippen molar-refractivity contribution in [3.05, 3.63) is 24.3 Å². The SMILES string of the molecule is Cl.NCC1CCCC1NC(=O)COc1cccc(N2CCCC2=O)c1. The monoisotopic (exact) mass is 367 g/mol. The zero-order valence-corrected chi connectivity index (χ0v) is 15.1. The van der Waals surface area contributed by atoms with Crippen LogP contribution in [0, 0.1) is 5.92 Å². The average molecular weight is 368 g/mol. The molecule has 1 saturated heterocycles. The number of nitrogens with one attached hydrogen (secondary N) is 1. The van der Waals surface area contributed by atoms with Crippen molar-refractivity contribution in [1.82, 2.24) is 5.32 Å². The Balaban J connectivity index is 0.00000225. The number of benzene rings is 1. The smallest absolute Gasteiger partial charge is 0.258 e. The van der Waals surface area contributed by atoms with Gasteiger partial charge in [-0.05, 0) is 43.9 Å². The molecule has 2 unspecified atom stereocenters. The predicted octanol–water partition coefficient (Wildman–Crippen LogP) is 1.86. The molecular formula is C18H26ClN3O3. The maximum Gasteiger partial charge on any atom is 0.258 e. The van der Waals surface area contributed by atoms with Gasteiger partial charge in [-0.1, -0.05) is 12.5 Å². The van der Waals surface area contributed by atoms with Crippen molar-refractivity contribution in [2.24, 2.45) is 11.7 Å². The number of anilines is 1. The van der Waals surface area contributed by atoms with Crippen LogP contribution in [0.4, 0.5) is 5.69 Å². The van der Waals surface area contributed by atoms with Gasteiger partial charge < -0.3 is 20.7 Å². The van der Waals surface area contributed by atoms with E-state index in [4.69, 9.17) is 10.5 Å². The quantitative estimate of drug-likeness (QED) is 0.803. The molecule has 2 amide bonds. The van der Waals surface area contributed by atoms with E-state index in [2.05, 4.69) is 5.32 Å². The van der Waals surface area contributed by atoms with Crippen molar-refractivity contribution in [3.8, 4) is 5.75 Å². The van der Waals surface area contributed by atoms with Gasteiger partial charge in [-0.2, -0.15) is 0 Å². The third kappa shape index (κ3) is 4.86. The van der Waals surface area contributed by atoms with Gasteiger partial charge in [0, 0.05) is 30.8 Å². The summed E-state index contributed by atoms with van der Waals surface area (Å²) in [6.45, 7) is 1.33. The van der Waals surface area contributed by atoms with Gasteiger partial charge in [0.2, 0.25) is 5.91 Å². The average Bonchev–Trinajstić information content (AvgIpc) is 3.21. The first-order valence-corrected chi connectivity index (χ1v) is 8.70. The van der Waals surface area contributed by atoms with Crippen LogP contribution in [0.25, 0.3) is 0 Å². The van der Waals surface area contributed by atoms with Crippen LogP contribution in [-0.4, -0.2) is 37.6 Å². The summed E-state index contributed by atoms with van der Waals surface area (Å²) in [5.74, 6) is 0.990. The number of hydrogen-bond acceptors (Lipinski definition) is 4. The van der Waals surface area contributed by atoms with E-state index < -0.39 is 0 Å². The molecule has 1 aliphatic heterocycles. The summed E-state index contributed by atoms with van der Waals surface area (Å²) in [5.41, 5.74) is 6.57. The summed E-state index contributed by atoms with van der Waals surface area (Å²) in [5, 5.41) is 3.02. The number of ether oxygens (including phenoxy) is 1. The molecule has 6 nitrogen and oxygen atoms in total. The van der Waals surface area contributed by atoms with Crippen LogP contribution in [0.1, 0.15) is 32.1 Å². The van der Waals surface area contributed by atoms with Crippen molar-refractivity contribution < 1.29 is 14.3 Å². The Hall–Kier alpha value is -1.79. The topological polar surface area (TPSA) is 84.7 Å². The number of rotatable bonds is 6. The first kappa shape index (κ1) is 19.5. The number of halogens is 1. The molecular weight excluding hydrogens is 342 g/mol. The second kappa shape index (κ2) is 9.06. The summed E-state index contributed by atoms with van der Waals surface area (Å²) in [4.78, 5) is 25.7. The molecule has 1 heterocycles. The zero-order valence-electron chi connectivity index (χ0n) is 14.3. The molecule has 25 heavy (non-hydrogen) atoms. The van der Waals surface area contributed by atoms with Crippen molar-refractivity contribution in [1.29, 1.82) is 0 Å². The van der Waals surface area contributed by atoms with Gasteiger partial charge in [0.1, 0.15) is 5.75 Å². The van der Waals surface area contributed by atoms with Crippen molar-refractivity contribution in [2.45, 2.75) is 38.1 Å². The fourth-order valence-electron chi connectivity index (χ4n) is 3.57. The van der Waals surface area contributed by atoms with Gasteiger partial charge in [0.15, 0.2) is 6.61 Å². The lowest BCUT2D eigenvalue weighted by molar-refractivity contribution is -0.124. The van der Waals surface area contributed by atoms with Crippen molar-refractivity contribution >= 4 is 29.9 Å². The molecule has 0 bridgehead atoms. The fourth-order valence-corrected chi connectivity index (χ4v) is 3.57. The minimum absolute atomic E-state index is 0. The number of carbonyl (C=O) groups is 2. The minimum Gasteiger partial charge on any atom is -0.484 e. The molecule has 0 radical (unpaired) electrons. The van der Waals surface area contributed by atoms with Crippen molar-refractivity contribution in [2.75, 3.05) is 24.6 Å². The second-order valence-corrected chi connectivity index (χ2v) is 6.54. The van der Waals surface area contributed by atoms with E-state index in [1.54, 1.807) is 11.0 Å². The van der Waals surface area contributed by atoms with E-state index in [1.807, 2.05) is 18.2 Å². The molecule has 0 spiro atoms. The second-order valence-electron chi connectivity index (χ2n) is 6.54. The summed E-state index contributed by atoms with van der Waals surface area (Å²) in [7, 11) is 0. The third-order valence-electron chi connectivity index (χ3n) is 4.88. The Morgan fingerprint density at radius 1 is 1.32 bits per heavy atom. The molecule has 1 aromatic carbocycles. The Labute approximate surface area is 154 Å². The molecule has 3 rings (SSSR count). The van der Waals surface area contributed by atoms with Gasteiger partial charge in [0.25, 0.3) is 5.91 Å². The lowest BCUT2D eigenvalue weighted by atomic mass is 10.0. The predicted molar refractivity (Wildman–Crippen MR) is 99.1 cm³/mol. The van der Waals surface area contributed by atoms with E-state index in [0.717, 1.165) is 37.9 Å².